The summed E-state index contributed by atoms with van der Waals surface area (Å²) in [6.07, 6.45) is 0. The number of amides is 1. The molecule has 0 saturated carbocycles. The number of imidazole rings is 1. The van der Waals surface area contributed by atoms with Gasteiger partial charge in [0.15, 0.2) is 0 Å². The Morgan fingerprint density at radius 3 is 2.72 bits per heavy atom. The molecule has 0 bridgehead atoms. The number of carbonyl (C=O) groups is 1. The van der Waals surface area contributed by atoms with Gasteiger partial charge in [-0.1, -0.05) is 30.3 Å². The summed E-state index contributed by atoms with van der Waals surface area (Å²) in [4.78, 5) is 16.2. The number of aromatic nitrogens is 2. The summed E-state index contributed by atoms with van der Waals surface area (Å²) in [7, 11) is 1.86. The van der Waals surface area contributed by atoms with Gasteiger partial charge < -0.3 is 9.67 Å². The molecule has 0 aliphatic carbocycles. The van der Waals surface area contributed by atoms with Crippen molar-refractivity contribution in [2.24, 2.45) is 7.05 Å². The summed E-state index contributed by atoms with van der Waals surface area (Å²) in [5.41, 5.74) is 3.99. The Kier molecular flexibility index (Phi) is 3.40. The van der Waals surface area contributed by atoms with E-state index in [1.807, 2.05) is 41.9 Å². The van der Waals surface area contributed by atoms with Crippen LogP contribution in [0.15, 0.2) is 54.6 Å². The SMILES string of the molecule is Cn1c(-c2c(O)ccc3ccccc23)nc2cc(C(=O)NO)ccc21. The smallest absolute Gasteiger partial charge is 0.274 e. The fourth-order valence-electron chi connectivity index (χ4n) is 3.12. The van der Waals surface area contributed by atoms with Gasteiger partial charge in [-0.25, -0.2) is 10.5 Å². The Bertz CT molecular complexity index is 1130. The van der Waals surface area contributed by atoms with Gasteiger partial charge in [0.05, 0.1) is 16.6 Å². The largest absolute Gasteiger partial charge is 0.507 e. The van der Waals surface area contributed by atoms with Crippen LogP contribution in [0.1, 0.15) is 10.4 Å². The zero-order valence-electron chi connectivity index (χ0n) is 13.4. The van der Waals surface area contributed by atoms with E-state index in [4.69, 9.17) is 5.21 Å². The number of hydrogen-bond acceptors (Lipinski definition) is 4. The van der Waals surface area contributed by atoms with E-state index in [2.05, 4.69) is 4.98 Å². The minimum absolute atomic E-state index is 0.144. The van der Waals surface area contributed by atoms with Crippen molar-refractivity contribution in [2.45, 2.75) is 0 Å². The van der Waals surface area contributed by atoms with E-state index in [0.29, 0.717) is 22.5 Å². The molecule has 124 valence electrons. The van der Waals surface area contributed by atoms with E-state index in [1.165, 1.54) is 0 Å². The van der Waals surface area contributed by atoms with Crippen molar-refractivity contribution in [1.82, 2.24) is 15.0 Å². The molecular weight excluding hydrogens is 318 g/mol. The molecule has 1 heterocycles. The highest BCUT2D eigenvalue weighted by molar-refractivity contribution is 6.01. The van der Waals surface area contributed by atoms with E-state index < -0.39 is 5.91 Å². The summed E-state index contributed by atoms with van der Waals surface area (Å²) in [6.45, 7) is 0. The summed E-state index contributed by atoms with van der Waals surface area (Å²) in [5, 5.41) is 21.1. The van der Waals surface area contributed by atoms with Crippen molar-refractivity contribution in [3.05, 3.63) is 60.2 Å². The van der Waals surface area contributed by atoms with Crippen LogP contribution in [0.4, 0.5) is 0 Å². The molecule has 0 saturated heterocycles. The van der Waals surface area contributed by atoms with E-state index in [0.717, 1.165) is 16.3 Å². The zero-order valence-corrected chi connectivity index (χ0v) is 13.4. The highest BCUT2D eigenvalue weighted by Crippen LogP contribution is 2.37. The number of fused-ring (bicyclic) bond motifs is 2. The number of aryl methyl sites for hydroxylation is 1. The van der Waals surface area contributed by atoms with Crippen LogP contribution in [0.2, 0.25) is 0 Å². The Morgan fingerprint density at radius 1 is 1.12 bits per heavy atom. The maximum atomic E-state index is 11.6. The summed E-state index contributed by atoms with van der Waals surface area (Å²) >= 11 is 0. The molecule has 1 amide bonds. The van der Waals surface area contributed by atoms with Crippen LogP contribution in [0.5, 0.6) is 5.75 Å². The molecule has 25 heavy (non-hydrogen) atoms. The van der Waals surface area contributed by atoms with Gasteiger partial charge in [-0.2, -0.15) is 0 Å². The molecule has 0 unspecified atom stereocenters. The first kappa shape index (κ1) is 15.2. The number of phenols is 1. The molecule has 0 fully saturated rings. The monoisotopic (exact) mass is 333 g/mol. The van der Waals surface area contributed by atoms with E-state index in [-0.39, 0.29) is 5.75 Å². The van der Waals surface area contributed by atoms with Crippen LogP contribution >= 0.6 is 0 Å². The number of hydroxylamine groups is 1. The van der Waals surface area contributed by atoms with Crippen molar-refractivity contribution in [1.29, 1.82) is 0 Å². The average Bonchev–Trinajstić information content (AvgIpc) is 2.96. The Hall–Kier alpha value is -3.38. The molecule has 1 aromatic heterocycles. The number of benzene rings is 3. The third-order valence-corrected chi connectivity index (χ3v) is 4.38. The van der Waals surface area contributed by atoms with Gasteiger partial charge in [0.25, 0.3) is 5.91 Å². The lowest BCUT2D eigenvalue weighted by Crippen LogP contribution is -2.18. The summed E-state index contributed by atoms with van der Waals surface area (Å²) in [5.74, 6) is 0.151. The van der Waals surface area contributed by atoms with Crippen molar-refractivity contribution in [2.75, 3.05) is 0 Å². The van der Waals surface area contributed by atoms with Gasteiger partial charge >= 0.3 is 0 Å². The Labute approximate surface area is 142 Å². The molecule has 4 aromatic rings. The van der Waals surface area contributed by atoms with E-state index in [9.17, 15) is 9.90 Å². The minimum atomic E-state index is -0.595. The summed E-state index contributed by atoms with van der Waals surface area (Å²) in [6, 6.07) is 16.3. The maximum absolute atomic E-state index is 11.6. The number of phenolic OH excluding ortho intramolecular Hbond substituents is 1. The van der Waals surface area contributed by atoms with E-state index in [1.54, 1.807) is 29.7 Å². The molecular formula is C19H15N3O3. The van der Waals surface area contributed by atoms with Crippen LogP contribution in [-0.2, 0) is 7.05 Å². The van der Waals surface area contributed by atoms with Gasteiger partial charge in [-0.15, -0.1) is 0 Å². The lowest BCUT2D eigenvalue weighted by Gasteiger charge is -2.09. The second-order valence-corrected chi connectivity index (χ2v) is 5.82. The number of hydrogen-bond donors (Lipinski definition) is 3. The molecule has 4 rings (SSSR count). The van der Waals surface area contributed by atoms with Crippen LogP contribution in [-0.4, -0.2) is 25.8 Å². The molecule has 3 aromatic carbocycles. The molecule has 0 radical (unpaired) electrons. The quantitative estimate of drug-likeness (QED) is 0.388. The van der Waals surface area contributed by atoms with Crippen molar-refractivity contribution in [3.8, 4) is 17.1 Å². The number of carbonyl (C=O) groups excluding carboxylic acids is 1. The minimum Gasteiger partial charge on any atom is -0.507 e. The number of nitrogens with zero attached hydrogens (tertiary/aromatic N) is 2. The number of rotatable bonds is 2. The van der Waals surface area contributed by atoms with Gasteiger partial charge in [-0.3, -0.25) is 10.0 Å². The first-order valence-electron chi connectivity index (χ1n) is 7.72. The van der Waals surface area contributed by atoms with Gasteiger partial charge in [-0.05, 0) is 35.0 Å². The molecule has 0 atom stereocenters. The normalized spacial score (nSPS) is 11.1. The zero-order chi connectivity index (χ0) is 17.6. The third kappa shape index (κ3) is 2.31. The Balaban J connectivity index is 2.01. The van der Waals surface area contributed by atoms with Crippen LogP contribution < -0.4 is 5.48 Å². The van der Waals surface area contributed by atoms with Gasteiger partial charge in [0.1, 0.15) is 11.6 Å². The van der Waals surface area contributed by atoms with Crippen LogP contribution in [0, 0.1) is 0 Å². The molecule has 0 aliphatic rings. The highest BCUT2D eigenvalue weighted by atomic mass is 16.5. The Morgan fingerprint density at radius 2 is 1.92 bits per heavy atom. The molecule has 6 nitrogen and oxygen atoms in total. The molecule has 0 aliphatic heterocycles. The predicted octanol–water partition coefficient (Wildman–Crippen LogP) is 3.22. The average molecular weight is 333 g/mol. The fraction of sp³-hybridized carbons (Fsp3) is 0.0526. The summed E-state index contributed by atoms with van der Waals surface area (Å²) < 4.78 is 1.87. The van der Waals surface area contributed by atoms with Crippen molar-refractivity contribution < 1.29 is 15.1 Å². The molecule has 0 spiro atoms. The third-order valence-electron chi connectivity index (χ3n) is 4.38. The molecule has 6 heteroatoms. The second kappa shape index (κ2) is 5.61. The first-order chi connectivity index (χ1) is 12.1. The predicted molar refractivity (Wildman–Crippen MR) is 94.6 cm³/mol. The lowest BCUT2D eigenvalue weighted by atomic mass is 10.0. The topological polar surface area (TPSA) is 87.4 Å². The number of nitrogens with one attached hydrogen (secondary N) is 1. The lowest BCUT2D eigenvalue weighted by molar-refractivity contribution is 0.0706. The van der Waals surface area contributed by atoms with Crippen molar-refractivity contribution >= 4 is 27.7 Å². The molecule has 3 N–H and O–H groups in total. The van der Waals surface area contributed by atoms with Crippen LogP contribution in [0.3, 0.4) is 0 Å². The maximum Gasteiger partial charge on any atom is 0.274 e. The van der Waals surface area contributed by atoms with E-state index >= 15 is 0 Å². The van der Waals surface area contributed by atoms with Gasteiger partial charge in [0, 0.05) is 12.6 Å². The highest BCUT2D eigenvalue weighted by Gasteiger charge is 2.17. The first-order valence-corrected chi connectivity index (χ1v) is 7.72. The second-order valence-electron chi connectivity index (χ2n) is 5.82. The number of aromatic hydroxyl groups is 1. The van der Waals surface area contributed by atoms with Crippen molar-refractivity contribution in [3.63, 3.8) is 0 Å². The standard InChI is InChI=1S/C19H15N3O3/c1-22-15-8-6-12(19(24)21-25)10-14(15)20-18(22)17-13-5-3-2-4-11(13)7-9-16(17)23/h2-10,23,25H,1H3,(H,21,24). The van der Waals surface area contributed by atoms with Gasteiger partial charge in [0.2, 0.25) is 0 Å². The van der Waals surface area contributed by atoms with Crippen LogP contribution in [0.25, 0.3) is 33.2 Å². The fourth-order valence-corrected chi connectivity index (χ4v) is 3.12.